The Labute approximate surface area is 120 Å². The maximum Gasteiger partial charge on any atom is 0.325 e. The van der Waals surface area contributed by atoms with Gasteiger partial charge in [-0.1, -0.05) is 6.92 Å². The van der Waals surface area contributed by atoms with Crippen molar-refractivity contribution in [3.8, 4) is 0 Å². The van der Waals surface area contributed by atoms with Gasteiger partial charge in [0.2, 0.25) is 0 Å². The highest BCUT2D eigenvalue weighted by Crippen LogP contribution is 2.39. The van der Waals surface area contributed by atoms with Crippen molar-refractivity contribution in [1.29, 1.82) is 0 Å². The summed E-state index contributed by atoms with van der Waals surface area (Å²) in [6, 6.07) is -0.206. The van der Waals surface area contributed by atoms with E-state index in [1.54, 1.807) is 4.90 Å². The molecule has 0 bridgehead atoms. The Bertz CT molecular complexity index is 396. The molecular formula is C15H24N2O3. The van der Waals surface area contributed by atoms with Gasteiger partial charge in [0.1, 0.15) is 5.54 Å². The van der Waals surface area contributed by atoms with Crippen LogP contribution >= 0.6 is 0 Å². The molecular weight excluding hydrogens is 256 g/mol. The number of hydrogen-bond acceptors (Lipinski definition) is 3. The summed E-state index contributed by atoms with van der Waals surface area (Å²) in [5.74, 6) is 0.575. The van der Waals surface area contributed by atoms with E-state index in [2.05, 4.69) is 12.2 Å². The highest BCUT2D eigenvalue weighted by molar-refractivity contribution is 6.07. The first kappa shape index (κ1) is 13.9. The van der Waals surface area contributed by atoms with E-state index in [9.17, 15) is 9.59 Å². The van der Waals surface area contributed by atoms with Crippen molar-refractivity contribution in [2.24, 2.45) is 5.92 Å². The van der Waals surface area contributed by atoms with E-state index in [0.29, 0.717) is 12.5 Å². The quantitative estimate of drug-likeness (QED) is 0.805. The summed E-state index contributed by atoms with van der Waals surface area (Å²) < 4.78 is 5.62. The molecule has 1 spiro atoms. The molecule has 0 aromatic heterocycles. The second kappa shape index (κ2) is 5.35. The Hall–Kier alpha value is -1.10. The normalized spacial score (nSPS) is 37.8. The highest BCUT2D eigenvalue weighted by Gasteiger charge is 2.53. The molecule has 1 aliphatic carbocycles. The number of nitrogens with one attached hydrogen (secondary N) is 1. The van der Waals surface area contributed by atoms with Crippen LogP contribution < -0.4 is 5.32 Å². The second-order valence-corrected chi connectivity index (χ2v) is 6.55. The SMILES string of the molecule is CC1CCC2(CC1)C(=O)NC(=O)N2CCC1CCCO1. The van der Waals surface area contributed by atoms with Crippen LogP contribution in [0.5, 0.6) is 0 Å². The van der Waals surface area contributed by atoms with E-state index in [1.807, 2.05) is 0 Å². The lowest BCUT2D eigenvalue weighted by molar-refractivity contribution is -0.128. The molecule has 5 nitrogen and oxygen atoms in total. The van der Waals surface area contributed by atoms with Crippen molar-refractivity contribution in [3.05, 3.63) is 0 Å². The Morgan fingerprint density at radius 2 is 2.05 bits per heavy atom. The molecule has 112 valence electrons. The summed E-state index contributed by atoms with van der Waals surface area (Å²) in [6.45, 7) is 3.69. The molecule has 3 amide bonds. The molecule has 5 heteroatoms. The summed E-state index contributed by atoms with van der Waals surface area (Å²) in [7, 11) is 0. The van der Waals surface area contributed by atoms with Crippen LogP contribution in [0.25, 0.3) is 0 Å². The summed E-state index contributed by atoms with van der Waals surface area (Å²) in [6.07, 6.45) is 6.95. The predicted molar refractivity (Wildman–Crippen MR) is 74.2 cm³/mol. The Morgan fingerprint density at radius 3 is 2.70 bits per heavy atom. The maximum atomic E-state index is 12.3. The minimum atomic E-state index is -0.567. The lowest BCUT2D eigenvalue weighted by atomic mass is 9.76. The van der Waals surface area contributed by atoms with E-state index in [1.165, 1.54) is 0 Å². The number of ether oxygens (including phenoxy) is 1. The average Bonchev–Trinajstić information content (AvgIpc) is 3.00. The molecule has 20 heavy (non-hydrogen) atoms. The van der Waals surface area contributed by atoms with Crippen molar-refractivity contribution in [3.63, 3.8) is 0 Å². The fourth-order valence-corrected chi connectivity index (χ4v) is 3.80. The van der Waals surface area contributed by atoms with Crippen molar-refractivity contribution < 1.29 is 14.3 Å². The number of amides is 3. The zero-order valence-corrected chi connectivity index (χ0v) is 12.2. The summed E-state index contributed by atoms with van der Waals surface area (Å²) in [4.78, 5) is 26.2. The first-order valence-electron chi connectivity index (χ1n) is 7.86. The van der Waals surface area contributed by atoms with E-state index in [-0.39, 0.29) is 18.0 Å². The van der Waals surface area contributed by atoms with Crippen LogP contribution in [0, 0.1) is 5.92 Å². The minimum absolute atomic E-state index is 0.0817. The topological polar surface area (TPSA) is 58.6 Å². The lowest BCUT2D eigenvalue weighted by Crippen LogP contribution is -2.52. The van der Waals surface area contributed by atoms with Gasteiger partial charge in [0, 0.05) is 13.2 Å². The molecule has 1 N–H and O–H groups in total. The molecule has 1 saturated carbocycles. The van der Waals surface area contributed by atoms with Crippen molar-refractivity contribution in [1.82, 2.24) is 10.2 Å². The zero-order chi connectivity index (χ0) is 14.2. The van der Waals surface area contributed by atoms with Gasteiger partial charge in [-0.15, -0.1) is 0 Å². The zero-order valence-electron chi connectivity index (χ0n) is 12.2. The van der Waals surface area contributed by atoms with Gasteiger partial charge in [0.25, 0.3) is 5.91 Å². The van der Waals surface area contributed by atoms with Gasteiger partial charge in [-0.05, 0) is 50.9 Å². The lowest BCUT2D eigenvalue weighted by Gasteiger charge is -2.40. The third-order valence-electron chi connectivity index (χ3n) is 5.21. The molecule has 1 atom stereocenters. The third-order valence-corrected chi connectivity index (χ3v) is 5.21. The first-order valence-corrected chi connectivity index (χ1v) is 7.86. The second-order valence-electron chi connectivity index (χ2n) is 6.55. The van der Waals surface area contributed by atoms with Crippen LogP contribution in [0.2, 0.25) is 0 Å². The Kier molecular flexibility index (Phi) is 3.71. The van der Waals surface area contributed by atoms with Crippen LogP contribution in [0.4, 0.5) is 4.79 Å². The number of carbonyl (C=O) groups is 2. The average molecular weight is 280 g/mol. The van der Waals surface area contributed by atoms with Crippen molar-refractivity contribution in [2.75, 3.05) is 13.2 Å². The van der Waals surface area contributed by atoms with Crippen LogP contribution in [-0.2, 0) is 9.53 Å². The number of rotatable bonds is 3. The Morgan fingerprint density at radius 1 is 1.30 bits per heavy atom. The van der Waals surface area contributed by atoms with Gasteiger partial charge in [-0.2, -0.15) is 0 Å². The smallest absolute Gasteiger partial charge is 0.325 e. The monoisotopic (exact) mass is 280 g/mol. The van der Waals surface area contributed by atoms with Crippen LogP contribution in [0.15, 0.2) is 0 Å². The molecule has 1 unspecified atom stereocenters. The molecule has 3 aliphatic rings. The summed E-state index contributed by atoms with van der Waals surface area (Å²) in [5, 5.41) is 2.52. The molecule has 2 saturated heterocycles. The van der Waals surface area contributed by atoms with Crippen molar-refractivity contribution >= 4 is 11.9 Å². The van der Waals surface area contributed by atoms with Gasteiger partial charge >= 0.3 is 6.03 Å². The van der Waals surface area contributed by atoms with Gasteiger partial charge < -0.3 is 9.64 Å². The van der Waals surface area contributed by atoms with E-state index >= 15 is 0 Å². The maximum absolute atomic E-state index is 12.3. The van der Waals surface area contributed by atoms with E-state index < -0.39 is 5.54 Å². The van der Waals surface area contributed by atoms with Crippen molar-refractivity contribution in [2.45, 2.75) is 63.5 Å². The van der Waals surface area contributed by atoms with E-state index in [0.717, 1.165) is 51.6 Å². The largest absolute Gasteiger partial charge is 0.378 e. The van der Waals surface area contributed by atoms with Crippen LogP contribution in [0.3, 0.4) is 0 Å². The molecule has 2 aliphatic heterocycles. The molecule has 0 aromatic rings. The molecule has 2 heterocycles. The molecule has 3 rings (SSSR count). The van der Waals surface area contributed by atoms with Crippen LogP contribution in [-0.4, -0.2) is 41.6 Å². The fraction of sp³-hybridized carbons (Fsp3) is 0.867. The number of imide groups is 1. The van der Waals surface area contributed by atoms with Crippen LogP contribution in [0.1, 0.15) is 51.9 Å². The van der Waals surface area contributed by atoms with Gasteiger partial charge in [0.15, 0.2) is 0 Å². The highest BCUT2D eigenvalue weighted by atomic mass is 16.5. The molecule has 3 fully saturated rings. The van der Waals surface area contributed by atoms with E-state index in [4.69, 9.17) is 4.74 Å². The fourth-order valence-electron chi connectivity index (χ4n) is 3.80. The predicted octanol–water partition coefficient (Wildman–Crippen LogP) is 2.06. The van der Waals surface area contributed by atoms with Gasteiger partial charge in [-0.3, -0.25) is 10.1 Å². The molecule has 0 aromatic carbocycles. The van der Waals surface area contributed by atoms with Gasteiger partial charge in [-0.25, -0.2) is 4.79 Å². The summed E-state index contributed by atoms with van der Waals surface area (Å²) in [5.41, 5.74) is -0.567. The number of nitrogens with zero attached hydrogens (tertiary/aromatic N) is 1. The number of carbonyl (C=O) groups excluding carboxylic acids is 2. The Balaban J connectivity index is 1.69. The summed E-state index contributed by atoms with van der Waals surface area (Å²) >= 11 is 0. The standard InChI is InChI=1S/C15H24N2O3/c1-11-4-7-15(8-5-11)13(18)16-14(19)17(15)9-6-12-3-2-10-20-12/h11-12H,2-10H2,1H3,(H,16,18,19). The first-order chi connectivity index (χ1) is 9.62. The third kappa shape index (κ3) is 2.32. The number of urea groups is 1. The molecule has 0 radical (unpaired) electrons. The number of hydrogen-bond donors (Lipinski definition) is 1. The van der Waals surface area contributed by atoms with Gasteiger partial charge in [0.05, 0.1) is 6.10 Å². The minimum Gasteiger partial charge on any atom is -0.378 e.